The predicted molar refractivity (Wildman–Crippen MR) is 121 cm³/mol. The lowest BCUT2D eigenvalue weighted by molar-refractivity contribution is -0.141. The van der Waals surface area contributed by atoms with E-state index in [0.29, 0.717) is 33.7 Å². The maximum atomic E-state index is 11.9. The molecular formula is C24H22N2O7. The number of rotatable bonds is 8. The first kappa shape index (κ1) is 23.3. The summed E-state index contributed by atoms with van der Waals surface area (Å²) in [5.74, 6) is -0.856. The van der Waals surface area contributed by atoms with Gasteiger partial charge in [-0.25, -0.2) is 9.59 Å². The number of carboxylic acid groups (broad SMARTS) is 1. The second-order valence-corrected chi connectivity index (χ2v) is 6.73. The van der Waals surface area contributed by atoms with Gasteiger partial charge in [0.1, 0.15) is 17.0 Å². The van der Waals surface area contributed by atoms with Crippen LogP contribution in [0.25, 0.3) is 16.3 Å². The van der Waals surface area contributed by atoms with Gasteiger partial charge in [0.2, 0.25) is 0 Å². The van der Waals surface area contributed by atoms with Gasteiger partial charge in [-0.15, -0.1) is 0 Å². The average molecular weight is 450 g/mol. The maximum absolute atomic E-state index is 11.9. The van der Waals surface area contributed by atoms with Crippen LogP contribution in [0.2, 0.25) is 0 Å². The van der Waals surface area contributed by atoms with Crippen molar-refractivity contribution in [3.8, 4) is 11.5 Å². The number of carbonyl (C=O) groups excluding carboxylic acids is 1. The average Bonchev–Trinajstić information content (AvgIpc) is 2.81. The van der Waals surface area contributed by atoms with Crippen molar-refractivity contribution in [3.05, 3.63) is 71.7 Å². The Labute approximate surface area is 189 Å². The summed E-state index contributed by atoms with van der Waals surface area (Å²) in [6.45, 7) is 1.21. The molecule has 1 N–H and O–H groups in total. The molecule has 1 aromatic heterocycles. The van der Waals surface area contributed by atoms with Crippen LogP contribution >= 0.6 is 0 Å². The number of oxime groups is 1. The third-order valence-electron chi connectivity index (χ3n) is 4.70. The molecule has 0 aliphatic heterocycles. The Kier molecular flexibility index (Phi) is 7.24. The van der Waals surface area contributed by atoms with Crippen molar-refractivity contribution in [2.75, 3.05) is 21.3 Å². The van der Waals surface area contributed by atoms with Gasteiger partial charge in [-0.1, -0.05) is 29.4 Å². The summed E-state index contributed by atoms with van der Waals surface area (Å²) in [5, 5.41) is 15.2. The minimum atomic E-state index is -1.20. The van der Waals surface area contributed by atoms with Crippen molar-refractivity contribution in [3.63, 3.8) is 0 Å². The highest BCUT2D eigenvalue weighted by atomic mass is 16.7. The number of aliphatic carboxylic acids is 1. The number of carbonyl (C=O) groups is 2. The molecule has 0 aliphatic rings. The van der Waals surface area contributed by atoms with Gasteiger partial charge in [0, 0.05) is 29.6 Å². The van der Waals surface area contributed by atoms with Gasteiger partial charge in [0.05, 0.1) is 27.6 Å². The lowest BCUT2D eigenvalue weighted by Crippen LogP contribution is -2.13. The first-order valence-corrected chi connectivity index (χ1v) is 9.74. The second-order valence-electron chi connectivity index (χ2n) is 6.73. The van der Waals surface area contributed by atoms with E-state index < -0.39 is 11.9 Å². The van der Waals surface area contributed by atoms with Crippen molar-refractivity contribution in [1.29, 1.82) is 0 Å². The molecular weight excluding hydrogens is 428 g/mol. The van der Waals surface area contributed by atoms with E-state index in [9.17, 15) is 14.7 Å². The normalized spacial score (nSPS) is 11.8. The van der Waals surface area contributed by atoms with Gasteiger partial charge in [-0.05, 0) is 23.6 Å². The standard InChI is InChI=1S/C24H22N2O7/c1-14(27)33-26-23(17-8-6-5-7-16(17)19(13-30-2)24(28)29)22-18-12-21(32-4)20(31-3)11-15(18)9-10-25-22/h5-13H,1-4H3,(H,28,29). The quantitative estimate of drug-likeness (QED) is 0.182. The molecule has 33 heavy (non-hydrogen) atoms. The number of pyridine rings is 1. The van der Waals surface area contributed by atoms with E-state index in [1.54, 1.807) is 48.7 Å². The number of hydrogen-bond acceptors (Lipinski definition) is 8. The summed E-state index contributed by atoms with van der Waals surface area (Å²) in [5.41, 5.74) is 1.07. The Morgan fingerprint density at radius 3 is 2.27 bits per heavy atom. The molecule has 3 rings (SSSR count). The molecule has 170 valence electrons. The Hall–Kier alpha value is -4.40. The van der Waals surface area contributed by atoms with Crippen molar-refractivity contribution in [1.82, 2.24) is 4.98 Å². The lowest BCUT2D eigenvalue weighted by Gasteiger charge is -2.15. The first-order chi connectivity index (χ1) is 15.9. The molecule has 2 aromatic carbocycles. The highest BCUT2D eigenvalue weighted by Crippen LogP contribution is 2.34. The van der Waals surface area contributed by atoms with Crippen molar-refractivity contribution < 1.29 is 33.7 Å². The number of carboxylic acids is 1. The monoisotopic (exact) mass is 450 g/mol. The summed E-state index contributed by atoms with van der Waals surface area (Å²) in [6, 6.07) is 11.9. The molecule has 0 aliphatic carbocycles. The van der Waals surface area contributed by atoms with Crippen molar-refractivity contribution in [2.24, 2.45) is 5.16 Å². The Morgan fingerprint density at radius 2 is 1.67 bits per heavy atom. The van der Waals surface area contributed by atoms with E-state index in [2.05, 4.69) is 10.1 Å². The molecule has 1 heterocycles. The van der Waals surface area contributed by atoms with Gasteiger partial charge in [0.15, 0.2) is 11.5 Å². The first-order valence-electron chi connectivity index (χ1n) is 9.74. The van der Waals surface area contributed by atoms with Gasteiger partial charge < -0.3 is 24.2 Å². The largest absolute Gasteiger partial charge is 0.503 e. The highest BCUT2D eigenvalue weighted by Gasteiger charge is 2.23. The summed E-state index contributed by atoms with van der Waals surface area (Å²) in [7, 11) is 4.40. The zero-order valence-electron chi connectivity index (χ0n) is 18.5. The summed E-state index contributed by atoms with van der Waals surface area (Å²) in [4.78, 5) is 32.9. The van der Waals surface area contributed by atoms with Gasteiger partial charge >= 0.3 is 11.9 Å². The number of methoxy groups -OCH3 is 3. The van der Waals surface area contributed by atoms with Crippen LogP contribution in [0.5, 0.6) is 11.5 Å². The Bertz CT molecular complexity index is 1260. The zero-order valence-corrected chi connectivity index (χ0v) is 18.5. The van der Waals surface area contributed by atoms with Crippen LogP contribution < -0.4 is 9.47 Å². The number of nitrogens with zero attached hydrogens (tertiary/aromatic N) is 2. The van der Waals surface area contributed by atoms with E-state index in [-0.39, 0.29) is 11.3 Å². The van der Waals surface area contributed by atoms with Crippen molar-refractivity contribution in [2.45, 2.75) is 6.92 Å². The topological polar surface area (TPSA) is 117 Å². The van der Waals surface area contributed by atoms with Crippen LogP contribution in [0.1, 0.15) is 23.7 Å². The number of benzene rings is 2. The summed E-state index contributed by atoms with van der Waals surface area (Å²) in [6.07, 6.45) is 2.69. The molecule has 0 amide bonds. The van der Waals surface area contributed by atoms with Crippen LogP contribution in [-0.2, 0) is 19.2 Å². The van der Waals surface area contributed by atoms with Crippen LogP contribution in [0, 0.1) is 0 Å². The van der Waals surface area contributed by atoms with Gasteiger partial charge in [-0.3, -0.25) is 4.98 Å². The Morgan fingerprint density at radius 1 is 1.00 bits per heavy atom. The molecule has 0 atom stereocenters. The van der Waals surface area contributed by atoms with Gasteiger partial charge in [0.25, 0.3) is 0 Å². The summed E-state index contributed by atoms with van der Waals surface area (Å²) < 4.78 is 15.8. The smallest absolute Gasteiger partial charge is 0.339 e. The van der Waals surface area contributed by atoms with Crippen LogP contribution in [0.4, 0.5) is 0 Å². The molecule has 3 aromatic rings. The number of fused-ring (bicyclic) bond motifs is 1. The molecule has 0 radical (unpaired) electrons. The van der Waals surface area contributed by atoms with E-state index in [0.717, 1.165) is 11.6 Å². The second kappa shape index (κ2) is 10.3. The van der Waals surface area contributed by atoms with E-state index in [1.807, 2.05) is 0 Å². The minimum Gasteiger partial charge on any atom is -0.503 e. The number of aromatic nitrogens is 1. The van der Waals surface area contributed by atoms with E-state index in [1.165, 1.54) is 28.3 Å². The minimum absolute atomic E-state index is 0.108. The number of hydrogen-bond donors (Lipinski definition) is 1. The molecule has 0 saturated heterocycles. The SMILES string of the molecule is COC=C(C(=O)O)c1ccccc1C(=NOC(C)=O)c1nccc2cc(OC)c(OC)cc12. The molecule has 0 bridgehead atoms. The fourth-order valence-corrected chi connectivity index (χ4v) is 3.29. The van der Waals surface area contributed by atoms with Crippen LogP contribution in [-0.4, -0.2) is 49.1 Å². The van der Waals surface area contributed by atoms with Crippen LogP contribution in [0.15, 0.2) is 60.1 Å². The van der Waals surface area contributed by atoms with Gasteiger partial charge in [-0.2, -0.15) is 0 Å². The molecule has 0 spiro atoms. The molecule has 9 heteroatoms. The highest BCUT2D eigenvalue weighted by molar-refractivity contribution is 6.24. The third kappa shape index (κ3) is 4.93. The number of ether oxygens (including phenoxy) is 3. The fourth-order valence-electron chi connectivity index (χ4n) is 3.29. The predicted octanol–water partition coefficient (Wildman–Crippen LogP) is 3.64. The Balaban J connectivity index is 2.35. The molecule has 0 unspecified atom stereocenters. The summed E-state index contributed by atoms with van der Waals surface area (Å²) >= 11 is 0. The molecule has 9 nitrogen and oxygen atoms in total. The molecule has 0 fully saturated rings. The lowest BCUT2D eigenvalue weighted by atomic mass is 9.93. The molecule has 0 saturated carbocycles. The zero-order chi connectivity index (χ0) is 24.0. The van der Waals surface area contributed by atoms with E-state index in [4.69, 9.17) is 19.0 Å². The maximum Gasteiger partial charge on any atom is 0.339 e. The van der Waals surface area contributed by atoms with Crippen molar-refractivity contribution >= 4 is 34.0 Å². The fraction of sp³-hybridized carbons (Fsp3) is 0.167. The van der Waals surface area contributed by atoms with Crippen LogP contribution in [0.3, 0.4) is 0 Å². The third-order valence-corrected chi connectivity index (χ3v) is 4.70. The van der Waals surface area contributed by atoms with E-state index >= 15 is 0 Å².